The van der Waals surface area contributed by atoms with Gasteiger partial charge in [-0.3, -0.25) is 9.59 Å². The molecule has 0 aliphatic carbocycles. The fourth-order valence-electron chi connectivity index (χ4n) is 4.37. The Morgan fingerprint density at radius 2 is 2.00 bits per heavy atom. The molecule has 1 aromatic heterocycles. The van der Waals surface area contributed by atoms with Crippen LogP contribution in [-0.4, -0.2) is 35.0 Å². The quantitative estimate of drug-likeness (QED) is 0.594. The Hall–Kier alpha value is -1.47. The number of carbonyl (C=O) groups excluding carboxylic acids is 1. The van der Waals surface area contributed by atoms with Crippen LogP contribution in [0.1, 0.15) is 56.1 Å². The van der Waals surface area contributed by atoms with Crippen molar-refractivity contribution in [1.29, 1.82) is 0 Å². The van der Waals surface area contributed by atoms with E-state index in [1.165, 1.54) is 12.1 Å². The summed E-state index contributed by atoms with van der Waals surface area (Å²) in [5.41, 5.74) is 1.90. The number of nitrogens with zero attached hydrogens (tertiary/aromatic N) is 1. The van der Waals surface area contributed by atoms with E-state index in [4.69, 9.17) is 11.6 Å². The molecular formula is C24H31BrClN3O2. The number of piperidine rings is 1. The van der Waals surface area contributed by atoms with E-state index in [0.717, 1.165) is 19.6 Å². The number of ketones is 1. The third-order valence-corrected chi connectivity index (χ3v) is 6.45. The second kappa shape index (κ2) is 9.99. The standard InChI is InChI=1S/C13H18ClNO.C11H13BrN2O/c1-9(15-13(2,3)4)12(16)10-6-5-7-11(14)8-10;12-9-1-2-10-8-3-7(4-13-5-8)6-14(10)11(9)15/h5-9,15H,1-4H3;1-2,7-8,13H,3-6H2. The molecule has 2 aliphatic rings. The smallest absolute Gasteiger partial charge is 0.265 e. The number of pyridine rings is 1. The Balaban J connectivity index is 0.000000176. The lowest BCUT2D eigenvalue weighted by atomic mass is 9.84. The number of nitrogens with one attached hydrogen (secondary N) is 2. The lowest BCUT2D eigenvalue weighted by Crippen LogP contribution is -2.46. The average Bonchev–Trinajstić information content (AvgIpc) is 2.70. The van der Waals surface area contributed by atoms with Gasteiger partial charge in [0.1, 0.15) is 0 Å². The number of carbonyl (C=O) groups is 1. The van der Waals surface area contributed by atoms with E-state index in [1.807, 2.05) is 38.3 Å². The largest absolute Gasteiger partial charge is 0.316 e. The maximum absolute atomic E-state index is 12.1. The molecule has 1 saturated heterocycles. The highest BCUT2D eigenvalue weighted by molar-refractivity contribution is 9.10. The molecule has 3 unspecified atom stereocenters. The fourth-order valence-corrected chi connectivity index (χ4v) is 4.91. The minimum absolute atomic E-state index is 0.0671. The summed E-state index contributed by atoms with van der Waals surface area (Å²) >= 11 is 9.16. The van der Waals surface area contributed by atoms with E-state index >= 15 is 0 Å². The van der Waals surface area contributed by atoms with Crippen molar-refractivity contribution in [1.82, 2.24) is 15.2 Å². The van der Waals surface area contributed by atoms with E-state index in [2.05, 4.69) is 32.6 Å². The lowest BCUT2D eigenvalue weighted by molar-refractivity contribution is 0.0935. The van der Waals surface area contributed by atoms with Gasteiger partial charge in [0.2, 0.25) is 0 Å². The molecule has 3 atom stereocenters. The van der Waals surface area contributed by atoms with Gasteiger partial charge in [-0.05, 0) is 86.8 Å². The molecule has 2 aromatic rings. The summed E-state index contributed by atoms with van der Waals surface area (Å²) in [7, 11) is 0. The van der Waals surface area contributed by atoms with Crippen molar-refractivity contribution in [3.05, 3.63) is 67.5 Å². The van der Waals surface area contributed by atoms with Gasteiger partial charge in [0, 0.05) is 40.8 Å². The summed E-state index contributed by atoms with van der Waals surface area (Å²) in [4.78, 5) is 24.0. The molecule has 1 fully saturated rings. The SMILES string of the molecule is CC(NC(C)(C)C)C(=O)c1cccc(Cl)c1.O=c1c(Br)ccc2n1CC1CNCC2C1. The molecule has 1 aromatic carbocycles. The van der Waals surface area contributed by atoms with Crippen LogP contribution < -0.4 is 16.2 Å². The van der Waals surface area contributed by atoms with Gasteiger partial charge < -0.3 is 15.2 Å². The highest BCUT2D eigenvalue weighted by atomic mass is 79.9. The van der Waals surface area contributed by atoms with Gasteiger partial charge in [-0.1, -0.05) is 23.7 Å². The van der Waals surface area contributed by atoms with Gasteiger partial charge in [-0.25, -0.2) is 0 Å². The first-order valence-electron chi connectivity index (χ1n) is 10.7. The number of hydrogen-bond acceptors (Lipinski definition) is 4. The van der Waals surface area contributed by atoms with Crippen LogP contribution in [0.25, 0.3) is 0 Å². The predicted octanol–water partition coefficient (Wildman–Crippen LogP) is 4.62. The van der Waals surface area contributed by atoms with Crippen molar-refractivity contribution in [2.75, 3.05) is 13.1 Å². The van der Waals surface area contributed by atoms with Crippen molar-refractivity contribution in [3.8, 4) is 0 Å². The van der Waals surface area contributed by atoms with Crippen LogP contribution >= 0.6 is 27.5 Å². The van der Waals surface area contributed by atoms with E-state index < -0.39 is 0 Å². The summed E-state index contributed by atoms with van der Waals surface area (Å²) in [5.74, 6) is 1.22. The van der Waals surface area contributed by atoms with Crippen LogP contribution in [0, 0.1) is 5.92 Å². The molecule has 0 radical (unpaired) electrons. The Morgan fingerprint density at radius 3 is 2.68 bits per heavy atom. The highest BCUT2D eigenvalue weighted by Crippen LogP contribution is 2.32. The van der Waals surface area contributed by atoms with Crippen LogP contribution in [0.5, 0.6) is 0 Å². The molecule has 2 N–H and O–H groups in total. The van der Waals surface area contributed by atoms with Crippen molar-refractivity contribution in [2.24, 2.45) is 5.92 Å². The maximum atomic E-state index is 12.1. The summed E-state index contributed by atoms with van der Waals surface area (Å²) < 4.78 is 2.63. The Bertz CT molecular complexity index is 999. The number of Topliss-reactive ketones (excluding diaryl/α,β-unsaturated/α-hetero) is 1. The minimum Gasteiger partial charge on any atom is -0.316 e. The maximum Gasteiger partial charge on any atom is 0.265 e. The van der Waals surface area contributed by atoms with Crippen molar-refractivity contribution >= 4 is 33.3 Å². The molecule has 0 spiro atoms. The van der Waals surface area contributed by atoms with Gasteiger partial charge in [-0.2, -0.15) is 0 Å². The van der Waals surface area contributed by atoms with Gasteiger partial charge in [-0.15, -0.1) is 0 Å². The first-order chi connectivity index (χ1) is 14.5. The van der Waals surface area contributed by atoms with Crippen LogP contribution in [-0.2, 0) is 6.54 Å². The van der Waals surface area contributed by atoms with Gasteiger partial charge in [0.05, 0.1) is 10.5 Å². The number of rotatable bonds is 3. The molecule has 2 aliphatic heterocycles. The molecule has 31 heavy (non-hydrogen) atoms. The molecule has 5 nitrogen and oxygen atoms in total. The zero-order chi connectivity index (χ0) is 22.8. The fraction of sp³-hybridized carbons (Fsp3) is 0.500. The van der Waals surface area contributed by atoms with Gasteiger partial charge >= 0.3 is 0 Å². The molecule has 2 bridgehead atoms. The van der Waals surface area contributed by atoms with Crippen LogP contribution in [0.2, 0.25) is 5.02 Å². The third kappa shape index (κ3) is 6.28. The lowest BCUT2D eigenvalue weighted by Gasteiger charge is -2.37. The summed E-state index contributed by atoms with van der Waals surface area (Å²) in [6, 6.07) is 10.8. The van der Waals surface area contributed by atoms with Gasteiger partial charge in [0.15, 0.2) is 5.78 Å². The molecule has 7 heteroatoms. The van der Waals surface area contributed by atoms with E-state index in [9.17, 15) is 9.59 Å². The molecule has 168 valence electrons. The Kier molecular flexibility index (Phi) is 7.79. The summed E-state index contributed by atoms with van der Waals surface area (Å²) in [5, 5.41) is 7.27. The van der Waals surface area contributed by atoms with E-state index in [1.54, 1.807) is 24.3 Å². The number of fused-ring (bicyclic) bond motifs is 4. The minimum atomic E-state index is -0.210. The number of halogens is 2. The normalized spacial score (nSPS) is 20.8. The molecular weight excluding hydrogens is 478 g/mol. The van der Waals surface area contributed by atoms with E-state index in [0.29, 0.717) is 26.9 Å². The van der Waals surface area contributed by atoms with E-state index in [-0.39, 0.29) is 22.9 Å². The molecule has 0 amide bonds. The monoisotopic (exact) mass is 507 g/mol. The topological polar surface area (TPSA) is 63.1 Å². The van der Waals surface area contributed by atoms with Crippen molar-refractivity contribution in [3.63, 3.8) is 0 Å². The van der Waals surface area contributed by atoms with Crippen LogP contribution in [0.4, 0.5) is 0 Å². The number of benzene rings is 1. The summed E-state index contributed by atoms with van der Waals surface area (Å²) in [6.07, 6.45) is 1.23. The average molecular weight is 509 g/mol. The first kappa shape index (κ1) is 24.2. The highest BCUT2D eigenvalue weighted by Gasteiger charge is 2.30. The molecule has 4 rings (SSSR count). The molecule has 3 heterocycles. The van der Waals surface area contributed by atoms with Gasteiger partial charge in [0.25, 0.3) is 5.56 Å². The molecule has 0 saturated carbocycles. The number of aromatic nitrogens is 1. The van der Waals surface area contributed by atoms with Crippen molar-refractivity contribution in [2.45, 2.75) is 58.2 Å². The zero-order valence-corrected chi connectivity index (χ0v) is 20.9. The van der Waals surface area contributed by atoms with Crippen molar-refractivity contribution < 1.29 is 4.79 Å². The number of hydrogen-bond donors (Lipinski definition) is 2. The Labute approximate surface area is 197 Å². The Morgan fingerprint density at radius 1 is 1.26 bits per heavy atom. The van der Waals surface area contributed by atoms with Crippen LogP contribution in [0.3, 0.4) is 0 Å². The summed E-state index contributed by atoms with van der Waals surface area (Å²) in [6.45, 7) is 10.9. The zero-order valence-electron chi connectivity index (χ0n) is 18.5. The second-order valence-electron chi connectivity index (χ2n) is 9.47. The first-order valence-corrected chi connectivity index (χ1v) is 11.9. The third-order valence-electron chi connectivity index (χ3n) is 5.61. The van der Waals surface area contributed by atoms with Crippen LogP contribution in [0.15, 0.2) is 45.7 Å². The second-order valence-corrected chi connectivity index (χ2v) is 10.8. The predicted molar refractivity (Wildman–Crippen MR) is 130 cm³/mol.